The van der Waals surface area contributed by atoms with Crippen molar-refractivity contribution in [2.24, 2.45) is 0 Å². The lowest BCUT2D eigenvalue weighted by atomic mass is 10.0. The van der Waals surface area contributed by atoms with Gasteiger partial charge in [-0.15, -0.1) is 0 Å². The summed E-state index contributed by atoms with van der Waals surface area (Å²) in [5.41, 5.74) is 0. The Balaban J connectivity index is 4.14. The summed E-state index contributed by atoms with van der Waals surface area (Å²) in [6.07, 6.45) is 92.7. The number of hydrogen-bond acceptors (Lipinski definition) is 6. The van der Waals surface area contributed by atoms with Crippen LogP contribution in [0.25, 0.3) is 0 Å². The van der Waals surface area contributed by atoms with Gasteiger partial charge in [-0.25, -0.2) is 0 Å². The van der Waals surface area contributed by atoms with Crippen molar-refractivity contribution < 1.29 is 28.6 Å². The Kier molecular flexibility index (Phi) is 69.1. The summed E-state index contributed by atoms with van der Waals surface area (Å²) >= 11 is 0. The van der Waals surface area contributed by atoms with E-state index in [1.54, 1.807) is 0 Å². The van der Waals surface area contributed by atoms with Crippen LogP contribution in [-0.4, -0.2) is 37.2 Å². The van der Waals surface area contributed by atoms with Gasteiger partial charge in [0, 0.05) is 19.3 Å². The maximum atomic E-state index is 12.9. The van der Waals surface area contributed by atoms with Crippen LogP contribution < -0.4 is 0 Å². The number of carbonyl (C=O) groups excluding carboxylic acids is 3. The molecule has 0 rings (SSSR count). The van der Waals surface area contributed by atoms with Gasteiger partial charge < -0.3 is 14.2 Å². The third-order valence-corrected chi connectivity index (χ3v) is 16.5. The number of esters is 3. The van der Waals surface area contributed by atoms with Crippen LogP contribution in [0.5, 0.6) is 0 Å². The van der Waals surface area contributed by atoms with Gasteiger partial charge >= 0.3 is 17.9 Å². The van der Waals surface area contributed by atoms with Gasteiger partial charge in [-0.3, -0.25) is 14.4 Å². The molecule has 0 aromatic heterocycles. The van der Waals surface area contributed by atoms with Crippen LogP contribution >= 0.6 is 0 Å². The Bertz CT molecular complexity index is 1470. The number of carbonyl (C=O) groups is 3. The number of hydrogen-bond donors (Lipinski definition) is 0. The van der Waals surface area contributed by atoms with Gasteiger partial charge in [-0.05, 0) is 103 Å². The van der Waals surface area contributed by atoms with E-state index in [1.165, 1.54) is 276 Å². The van der Waals surface area contributed by atoms with Crippen LogP contribution in [-0.2, 0) is 28.6 Å². The van der Waals surface area contributed by atoms with Crippen molar-refractivity contribution in [2.75, 3.05) is 13.2 Å². The Morgan fingerprint density at radius 1 is 0.241 bits per heavy atom. The number of allylic oxidation sites excluding steroid dienone is 10. The first kappa shape index (κ1) is 80.1. The van der Waals surface area contributed by atoms with Crippen LogP contribution in [0, 0.1) is 0 Å². The maximum absolute atomic E-state index is 12.9. The monoisotopic (exact) mass is 1160 g/mol. The molecule has 1 atom stereocenters. The topological polar surface area (TPSA) is 78.9 Å². The van der Waals surface area contributed by atoms with Gasteiger partial charge in [0.25, 0.3) is 0 Å². The minimum absolute atomic E-state index is 0.0736. The van der Waals surface area contributed by atoms with Crippen LogP contribution in [0.4, 0.5) is 0 Å². The molecular formula is C77H140O6. The van der Waals surface area contributed by atoms with E-state index in [0.29, 0.717) is 19.3 Å². The summed E-state index contributed by atoms with van der Waals surface area (Å²) in [4.78, 5) is 38.4. The van der Waals surface area contributed by atoms with E-state index in [1.807, 2.05) is 0 Å². The zero-order valence-corrected chi connectivity index (χ0v) is 55.7. The second-order valence-corrected chi connectivity index (χ2v) is 24.8. The van der Waals surface area contributed by atoms with Crippen molar-refractivity contribution in [3.05, 3.63) is 60.8 Å². The molecule has 1 unspecified atom stereocenters. The lowest BCUT2D eigenvalue weighted by Gasteiger charge is -2.18. The molecule has 0 heterocycles. The average Bonchev–Trinajstić information content (AvgIpc) is 3.48. The Labute approximate surface area is 517 Å². The highest BCUT2D eigenvalue weighted by Crippen LogP contribution is 2.18. The zero-order valence-electron chi connectivity index (χ0n) is 55.7. The predicted octanol–water partition coefficient (Wildman–Crippen LogP) is 25.5. The van der Waals surface area contributed by atoms with E-state index in [9.17, 15) is 14.4 Å². The molecule has 0 aliphatic rings. The molecule has 83 heavy (non-hydrogen) atoms. The third-order valence-electron chi connectivity index (χ3n) is 16.5. The molecule has 0 N–H and O–H groups in total. The normalized spacial score (nSPS) is 12.4. The molecule has 0 fully saturated rings. The third kappa shape index (κ3) is 69.8. The van der Waals surface area contributed by atoms with Crippen molar-refractivity contribution in [1.82, 2.24) is 0 Å². The molecular weight excluding hydrogens is 1020 g/mol. The molecule has 0 radical (unpaired) electrons. The van der Waals surface area contributed by atoms with Crippen LogP contribution in [0.1, 0.15) is 393 Å². The van der Waals surface area contributed by atoms with E-state index in [-0.39, 0.29) is 31.1 Å². The van der Waals surface area contributed by atoms with Crippen LogP contribution in [0.2, 0.25) is 0 Å². The van der Waals surface area contributed by atoms with Crippen molar-refractivity contribution in [1.29, 1.82) is 0 Å². The van der Waals surface area contributed by atoms with Crippen molar-refractivity contribution >= 4 is 17.9 Å². The molecule has 0 aromatic carbocycles. The van der Waals surface area contributed by atoms with Gasteiger partial charge in [0.15, 0.2) is 6.10 Å². The maximum Gasteiger partial charge on any atom is 0.306 e. The highest BCUT2D eigenvalue weighted by Gasteiger charge is 2.19. The quantitative estimate of drug-likeness (QED) is 0.0261. The average molecular weight is 1160 g/mol. The van der Waals surface area contributed by atoms with Crippen molar-refractivity contribution in [3.63, 3.8) is 0 Å². The fraction of sp³-hybridized carbons (Fsp3) is 0.831. The van der Waals surface area contributed by atoms with Crippen molar-refractivity contribution in [2.45, 2.75) is 399 Å². The highest BCUT2D eigenvalue weighted by molar-refractivity contribution is 5.71. The highest BCUT2D eigenvalue weighted by atomic mass is 16.6. The zero-order chi connectivity index (χ0) is 59.9. The molecule has 0 aromatic rings. The van der Waals surface area contributed by atoms with E-state index >= 15 is 0 Å². The fourth-order valence-corrected chi connectivity index (χ4v) is 10.9. The minimum Gasteiger partial charge on any atom is -0.462 e. The fourth-order valence-electron chi connectivity index (χ4n) is 10.9. The lowest BCUT2D eigenvalue weighted by Crippen LogP contribution is -2.30. The Morgan fingerprint density at radius 2 is 0.446 bits per heavy atom. The van der Waals surface area contributed by atoms with E-state index in [4.69, 9.17) is 14.2 Å². The number of rotatable bonds is 68. The van der Waals surface area contributed by atoms with E-state index in [0.717, 1.165) is 77.0 Å². The molecule has 0 saturated carbocycles. The molecule has 484 valence electrons. The second kappa shape index (κ2) is 71.6. The van der Waals surface area contributed by atoms with Gasteiger partial charge in [0.2, 0.25) is 0 Å². The van der Waals surface area contributed by atoms with Crippen LogP contribution in [0.3, 0.4) is 0 Å². The summed E-state index contributed by atoms with van der Waals surface area (Å²) in [6, 6.07) is 0. The van der Waals surface area contributed by atoms with Crippen molar-refractivity contribution in [3.8, 4) is 0 Å². The molecule has 0 aliphatic heterocycles. The van der Waals surface area contributed by atoms with Gasteiger partial charge in [0.1, 0.15) is 13.2 Å². The van der Waals surface area contributed by atoms with E-state index < -0.39 is 6.10 Å². The first-order valence-electron chi connectivity index (χ1n) is 36.8. The molecule has 6 nitrogen and oxygen atoms in total. The van der Waals surface area contributed by atoms with E-state index in [2.05, 4.69) is 81.5 Å². The summed E-state index contributed by atoms with van der Waals surface area (Å²) in [5, 5.41) is 0. The standard InChI is InChI=1S/C77H140O6/c1-4-7-10-13-16-19-22-24-26-28-30-32-34-35-36-37-38-39-40-41-43-44-46-48-50-52-55-58-61-64-67-70-76(79)82-73-74(72-81-75(78)69-66-63-60-57-54-21-18-15-12-9-6-3)83-77(80)71-68-65-62-59-56-53-51-49-47-45-42-33-31-29-27-25-23-20-17-14-11-8-5-2/h15,18,22-25,28-31,74H,4-14,16-17,19-21,26-27,32-73H2,1-3H3/b18-15-,24-22-,25-23-,30-28-,31-29-. The van der Waals surface area contributed by atoms with Gasteiger partial charge in [0.05, 0.1) is 0 Å². The Hall–Kier alpha value is -2.89. The van der Waals surface area contributed by atoms with Gasteiger partial charge in [-0.1, -0.05) is 332 Å². The lowest BCUT2D eigenvalue weighted by molar-refractivity contribution is -0.167. The largest absolute Gasteiger partial charge is 0.462 e. The second-order valence-electron chi connectivity index (χ2n) is 24.8. The summed E-state index contributed by atoms with van der Waals surface area (Å²) in [6.45, 7) is 6.63. The first-order valence-corrected chi connectivity index (χ1v) is 36.8. The Morgan fingerprint density at radius 3 is 0.711 bits per heavy atom. The summed E-state index contributed by atoms with van der Waals surface area (Å²) in [7, 11) is 0. The number of unbranched alkanes of at least 4 members (excludes halogenated alkanes) is 47. The number of ether oxygens (including phenoxy) is 3. The molecule has 0 bridgehead atoms. The SMILES string of the molecule is CCCC/C=C\CCCCCCCC(=O)OCC(COC(=O)CCCCCCCCCCCCCCCCCCCCC/C=C\C/C=C\CCCCCCC)OC(=O)CCCCCCCCCCCCC/C=C\C/C=C\CCCCCCC. The van der Waals surface area contributed by atoms with Gasteiger partial charge in [-0.2, -0.15) is 0 Å². The molecule has 0 amide bonds. The molecule has 0 aliphatic carbocycles. The molecule has 0 saturated heterocycles. The summed E-state index contributed by atoms with van der Waals surface area (Å²) in [5.74, 6) is -0.863. The minimum atomic E-state index is -0.778. The smallest absolute Gasteiger partial charge is 0.306 e. The van der Waals surface area contributed by atoms with Crippen LogP contribution in [0.15, 0.2) is 60.8 Å². The first-order chi connectivity index (χ1) is 41.0. The summed E-state index contributed by atoms with van der Waals surface area (Å²) < 4.78 is 17.0. The molecule has 0 spiro atoms. The predicted molar refractivity (Wildman–Crippen MR) is 362 cm³/mol. The molecule has 6 heteroatoms.